The number of nitrogens with zero attached hydrogens (tertiary/aromatic N) is 2. The van der Waals surface area contributed by atoms with Crippen molar-refractivity contribution in [3.63, 3.8) is 0 Å². The van der Waals surface area contributed by atoms with Gasteiger partial charge in [0.05, 0.1) is 22.2 Å². The molecule has 0 saturated carbocycles. The maximum Gasteiger partial charge on any atom is 0.339 e. The highest BCUT2D eigenvalue weighted by molar-refractivity contribution is 5.97. The van der Waals surface area contributed by atoms with Crippen molar-refractivity contribution in [2.75, 3.05) is 0 Å². The molecular weight excluding hydrogens is 452 g/mol. The van der Waals surface area contributed by atoms with Crippen molar-refractivity contribution < 1.29 is 19.4 Å². The van der Waals surface area contributed by atoms with Crippen LogP contribution >= 0.6 is 0 Å². The monoisotopic (exact) mass is 484 g/mol. The van der Waals surface area contributed by atoms with Crippen molar-refractivity contribution in [2.24, 2.45) is 0 Å². The molecule has 3 aromatic carbocycles. The van der Waals surface area contributed by atoms with Crippen LogP contribution in [0.15, 0.2) is 66.7 Å². The summed E-state index contributed by atoms with van der Waals surface area (Å²) in [5.41, 5.74) is 4.69. The number of aromatic carboxylic acids is 1. The molecule has 0 saturated heterocycles. The average molecular weight is 485 g/mol. The highest BCUT2D eigenvalue weighted by Gasteiger charge is 2.21. The van der Waals surface area contributed by atoms with E-state index in [1.54, 1.807) is 18.2 Å². The van der Waals surface area contributed by atoms with Crippen molar-refractivity contribution in [3.05, 3.63) is 89.2 Å². The first-order valence-corrected chi connectivity index (χ1v) is 12.3. The second kappa shape index (κ2) is 10.4. The van der Waals surface area contributed by atoms with E-state index in [2.05, 4.69) is 23.6 Å². The van der Waals surface area contributed by atoms with Crippen molar-refractivity contribution in [2.45, 2.75) is 59.1 Å². The van der Waals surface area contributed by atoms with Crippen LogP contribution in [0.5, 0.6) is 0 Å². The normalized spacial score (nSPS) is 11.6. The summed E-state index contributed by atoms with van der Waals surface area (Å²) in [4.78, 5) is 29.0. The standard InChI is InChI=1S/C30H32N2O4/c1-5-6-11-27-31-25-18-22(28(33)34)16-17-26(25)32(27)19-20-12-14-21(15-13-20)23-9-7-8-10-24(23)29(35)36-30(2,3)4/h7-10,12-18H,5-6,11,19H2,1-4H3,(H,33,34). The number of aromatic nitrogens is 2. The van der Waals surface area contributed by atoms with Crippen LogP contribution in [0.3, 0.4) is 0 Å². The number of carboxylic acids is 1. The quantitative estimate of drug-likeness (QED) is 0.280. The summed E-state index contributed by atoms with van der Waals surface area (Å²) in [5, 5.41) is 9.36. The van der Waals surface area contributed by atoms with Gasteiger partial charge < -0.3 is 14.4 Å². The van der Waals surface area contributed by atoms with E-state index in [0.29, 0.717) is 17.6 Å². The van der Waals surface area contributed by atoms with Gasteiger partial charge in [0.15, 0.2) is 0 Å². The second-order valence-corrected chi connectivity index (χ2v) is 9.97. The molecule has 4 rings (SSSR count). The fourth-order valence-electron chi connectivity index (χ4n) is 4.23. The number of carbonyl (C=O) groups excluding carboxylic acids is 1. The number of imidazole rings is 1. The Balaban J connectivity index is 1.64. The van der Waals surface area contributed by atoms with Crippen LogP contribution in [-0.4, -0.2) is 32.2 Å². The van der Waals surface area contributed by atoms with Gasteiger partial charge >= 0.3 is 11.9 Å². The maximum absolute atomic E-state index is 12.8. The molecule has 0 atom stereocenters. The largest absolute Gasteiger partial charge is 0.478 e. The summed E-state index contributed by atoms with van der Waals surface area (Å²) in [5.74, 6) is -0.342. The number of hydrogen-bond acceptors (Lipinski definition) is 4. The zero-order valence-electron chi connectivity index (χ0n) is 21.2. The molecule has 0 spiro atoms. The SMILES string of the molecule is CCCCc1nc2cc(C(=O)O)ccc2n1Cc1ccc(-c2ccccc2C(=O)OC(C)(C)C)cc1. The van der Waals surface area contributed by atoms with Crippen LogP contribution in [0.1, 0.15) is 72.6 Å². The third-order valence-corrected chi connectivity index (χ3v) is 5.98. The molecule has 0 fully saturated rings. The molecule has 4 aromatic rings. The van der Waals surface area contributed by atoms with E-state index in [4.69, 9.17) is 9.72 Å². The molecule has 186 valence electrons. The number of ether oxygens (including phenoxy) is 1. The van der Waals surface area contributed by atoms with Crippen molar-refractivity contribution in [3.8, 4) is 11.1 Å². The first-order chi connectivity index (χ1) is 17.2. The lowest BCUT2D eigenvalue weighted by atomic mass is 9.98. The smallest absolute Gasteiger partial charge is 0.339 e. The van der Waals surface area contributed by atoms with E-state index in [1.807, 2.05) is 57.2 Å². The van der Waals surface area contributed by atoms with Crippen LogP contribution in [-0.2, 0) is 17.7 Å². The van der Waals surface area contributed by atoms with E-state index in [9.17, 15) is 14.7 Å². The van der Waals surface area contributed by atoms with E-state index in [0.717, 1.165) is 47.3 Å². The van der Waals surface area contributed by atoms with Gasteiger partial charge in [-0.15, -0.1) is 0 Å². The van der Waals surface area contributed by atoms with Crippen molar-refractivity contribution in [1.82, 2.24) is 9.55 Å². The average Bonchev–Trinajstić information content (AvgIpc) is 3.18. The molecule has 0 bridgehead atoms. The van der Waals surface area contributed by atoms with Gasteiger partial charge in [-0.3, -0.25) is 0 Å². The number of unbranched alkanes of at least 4 members (excludes halogenated alkanes) is 1. The molecule has 0 amide bonds. The van der Waals surface area contributed by atoms with Crippen molar-refractivity contribution in [1.29, 1.82) is 0 Å². The summed E-state index contributed by atoms with van der Waals surface area (Å²) < 4.78 is 7.77. The van der Waals surface area contributed by atoms with Crippen LogP contribution in [0, 0.1) is 0 Å². The van der Waals surface area contributed by atoms with Gasteiger partial charge in [-0.25, -0.2) is 14.6 Å². The van der Waals surface area contributed by atoms with Gasteiger partial charge in [-0.2, -0.15) is 0 Å². The predicted octanol–water partition coefficient (Wildman–Crippen LogP) is 6.75. The first kappa shape index (κ1) is 25.2. The highest BCUT2D eigenvalue weighted by atomic mass is 16.6. The Morgan fingerprint density at radius 2 is 1.72 bits per heavy atom. The molecule has 0 aliphatic carbocycles. The Hall–Kier alpha value is -3.93. The molecule has 0 aliphatic heterocycles. The molecular formula is C30H32N2O4. The minimum Gasteiger partial charge on any atom is -0.478 e. The Kier molecular flexibility index (Phi) is 7.25. The minimum absolute atomic E-state index is 0.238. The lowest BCUT2D eigenvalue weighted by molar-refractivity contribution is 0.00702. The van der Waals surface area contributed by atoms with E-state index in [-0.39, 0.29) is 11.5 Å². The van der Waals surface area contributed by atoms with E-state index in [1.165, 1.54) is 0 Å². The van der Waals surface area contributed by atoms with Crippen molar-refractivity contribution >= 4 is 23.0 Å². The number of esters is 1. The summed E-state index contributed by atoms with van der Waals surface area (Å²) in [6, 6.07) is 20.7. The van der Waals surface area contributed by atoms with Crippen LogP contribution in [0.25, 0.3) is 22.2 Å². The van der Waals surface area contributed by atoms with Gasteiger partial charge in [0.1, 0.15) is 11.4 Å². The molecule has 1 aromatic heterocycles. The highest BCUT2D eigenvalue weighted by Crippen LogP contribution is 2.27. The van der Waals surface area contributed by atoms with E-state index >= 15 is 0 Å². The maximum atomic E-state index is 12.8. The number of benzene rings is 3. The first-order valence-electron chi connectivity index (χ1n) is 12.3. The lowest BCUT2D eigenvalue weighted by Crippen LogP contribution is -2.24. The third-order valence-electron chi connectivity index (χ3n) is 5.98. The predicted molar refractivity (Wildman–Crippen MR) is 141 cm³/mol. The molecule has 1 heterocycles. The number of aryl methyl sites for hydroxylation is 1. The van der Waals surface area contributed by atoms with Crippen LogP contribution in [0.2, 0.25) is 0 Å². The summed E-state index contributed by atoms with van der Waals surface area (Å²) in [6.07, 6.45) is 2.89. The third kappa shape index (κ3) is 5.65. The topological polar surface area (TPSA) is 81.4 Å². The Morgan fingerprint density at radius 3 is 2.39 bits per heavy atom. The lowest BCUT2D eigenvalue weighted by Gasteiger charge is -2.20. The Bertz CT molecular complexity index is 1390. The van der Waals surface area contributed by atoms with Gasteiger partial charge in [-0.05, 0) is 68.1 Å². The molecule has 6 heteroatoms. The summed E-state index contributed by atoms with van der Waals surface area (Å²) >= 11 is 0. The summed E-state index contributed by atoms with van der Waals surface area (Å²) in [7, 11) is 0. The number of hydrogen-bond donors (Lipinski definition) is 1. The fraction of sp³-hybridized carbons (Fsp3) is 0.300. The number of carbonyl (C=O) groups is 2. The van der Waals surface area contributed by atoms with Gasteiger partial charge in [-0.1, -0.05) is 55.8 Å². The molecule has 0 radical (unpaired) electrons. The Morgan fingerprint density at radius 1 is 1.00 bits per heavy atom. The molecule has 6 nitrogen and oxygen atoms in total. The van der Waals surface area contributed by atoms with Crippen LogP contribution < -0.4 is 0 Å². The Labute approximate surface area is 211 Å². The van der Waals surface area contributed by atoms with E-state index < -0.39 is 11.6 Å². The zero-order valence-corrected chi connectivity index (χ0v) is 21.2. The van der Waals surface area contributed by atoms with Gasteiger partial charge in [0.2, 0.25) is 0 Å². The second-order valence-electron chi connectivity index (χ2n) is 9.97. The van der Waals surface area contributed by atoms with Gasteiger partial charge in [0, 0.05) is 13.0 Å². The number of fused-ring (bicyclic) bond motifs is 1. The molecule has 1 N–H and O–H groups in total. The summed E-state index contributed by atoms with van der Waals surface area (Å²) in [6.45, 7) is 8.34. The number of rotatable bonds is 8. The fourth-order valence-corrected chi connectivity index (χ4v) is 4.23. The zero-order chi connectivity index (χ0) is 25.9. The molecule has 36 heavy (non-hydrogen) atoms. The van der Waals surface area contributed by atoms with Gasteiger partial charge in [0.25, 0.3) is 0 Å². The number of carboxylic acid groups (broad SMARTS) is 1. The molecule has 0 aliphatic rings. The molecule has 0 unspecified atom stereocenters. The minimum atomic E-state index is -0.955. The van der Waals surface area contributed by atoms with Crippen LogP contribution in [0.4, 0.5) is 0 Å².